The summed E-state index contributed by atoms with van der Waals surface area (Å²) in [5.41, 5.74) is 1.18. The standard InChI is InChI=1S/C20H17ClFN5O2/c1-12-2-3-23-17(6-12)26-20(28)18-19(25-5-4-24-18)27-10-16(11-27)29-15-8-13(21)7-14(22)9-15/h2-9,16H,10-11H2,1H3,(H,23,26,28). The van der Waals surface area contributed by atoms with Gasteiger partial charge in [-0.25, -0.2) is 19.3 Å². The van der Waals surface area contributed by atoms with Gasteiger partial charge in [-0.2, -0.15) is 0 Å². The molecule has 4 rings (SSSR count). The molecule has 0 aliphatic carbocycles. The fourth-order valence-electron chi connectivity index (χ4n) is 2.98. The summed E-state index contributed by atoms with van der Waals surface area (Å²) < 4.78 is 19.2. The molecule has 0 atom stereocenters. The van der Waals surface area contributed by atoms with Crippen LogP contribution in [-0.4, -0.2) is 40.1 Å². The van der Waals surface area contributed by atoms with Gasteiger partial charge in [0.15, 0.2) is 11.5 Å². The molecule has 1 saturated heterocycles. The first kappa shape index (κ1) is 19.1. The van der Waals surface area contributed by atoms with Crippen molar-refractivity contribution in [3.8, 4) is 5.75 Å². The minimum absolute atomic E-state index is 0.177. The lowest BCUT2D eigenvalue weighted by molar-refractivity contribution is 0.102. The van der Waals surface area contributed by atoms with Crippen LogP contribution in [-0.2, 0) is 0 Å². The number of benzene rings is 1. The number of pyridine rings is 1. The monoisotopic (exact) mass is 413 g/mol. The number of hydrogen-bond donors (Lipinski definition) is 1. The van der Waals surface area contributed by atoms with Crippen molar-refractivity contribution >= 4 is 29.1 Å². The number of halogens is 2. The van der Waals surface area contributed by atoms with E-state index < -0.39 is 11.7 Å². The summed E-state index contributed by atoms with van der Waals surface area (Å²) >= 11 is 5.85. The summed E-state index contributed by atoms with van der Waals surface area (Å²) in [7, 11) is 0. The highest BCUT2D eigenvalue weighted by molar-refractivity contribution is 6.30. The second-order valence-corrected chi connectivity index (χ2v) is 7.09. The molecule has 0 saturated carbocycles. The Hall–Kier alpha value is -3.26. The molecule has 1 aliphatic rings. The molecule has 0 radical (unpaired) electrons. The fraction of sp³-hybridized carbons (Fsp3) is 0.200. The number of aromatic nitrogens is 3. The van der Waals surface area contributed by atoms with Crippen LogP contribution in [0.2, 0.25) is 5.02 Å². The zero-order chi connectivity index (χ0) is 20.4. The second-order valence-electron chi connectivity index (χ2n) is 6.65. The Labute approximate surface area is 171 Å². The molecule has 9 heteroatoms. The lowest BCUT2D eigenvalue weighted by Gasteiger charge is -2.40. The van der Waals surface area contributed by atoms with E-state index in [1.807, 2.05) is 17.9 Å². The molecule has 1 aliphatic heterocycles. The van der Waals surface area contributed by atoms with Crippen LogP contribution in [0.15, 0.2) is 48.9 Å². The number of anilines is 2. The second kappa shape index (κ2) is 8.00. The van der Waals surface area contributed by atoms with Gasteiger partial charge in [0.25, 0.3) is 5.91 Å². The maximum Gasteiger partial charge on any atom is 0.279 e. The highest BCUT2D eigenvalue weighted by Gasteiger charge is 2.33. The van der Waals surface area contributed by atoms with Gasteiger partial charge in [0.05, 0.1) is 13.1 Å². The molecule has 148 valence electrons. The number of ether oxygens (including phenoxy) is 1. The van der Waals surface area contributed by atoms with E-state index in [0.29, 0.717) is 30.5 Å². The zero-order valence-corrected chi connectivity index (χ0v) is 16.2. The molecule has 3 heterocycles. The number of nitrogens with zero attached hydrogens (tertiary/aromatic N) is 4. The Morgan fingerprint density at radius 1 is 1.17 bits per heavy atom. The highest BCUT2D eigenvalue weighted by atomic mass is 35.5. The molecular formula is C20H17ClFN5O2. The molecule has 0 unspecified atom stereocenters. The van der Waals surface area contributed by atoms with Gasteiger partial charge in [0, 0.05) is 29.7 Å². The summed E-state index contributed by atoms with van der Waals surface area (Å²) in [5, 5.41) is 3.01. The first-order chi connectivity index (χ1) is 14.0. The first-order valence-electron chi connectivity index (χ1n) is 8.90. The van der Waals surface area contributed by atoms with Crippen LogP contribution in [0.25, 0.3) is 0 Å². The number of aryl methyl sites for hydroxylation is 1. The number of rotatable bonds is 5. The fourth-order valence-corrected chi connectivity index (χ4v) is 3.19. The van der Waals surface area contributed by atoms with Crippen molar-refractivity contribution in [3.05, 3.63) is 71.0 Å². The van der Waals surface area contributed by atoms with Crippen molar-refractivity contribution in [1.82, 2.24) is 15.0 Å². The summed E-state index contributed by atoms with van der Waals surface area (Å²) in [5.74, 6) is 0.408. The van der Waals surface area contributed by atoms with Gasteiger partial charge in [-0.1, -0.05) is 11.6 Å². The van der Waals surface area contributed by atoms with Crippen LogP contribution in [0.5, 0.6) is 5.75 Å². The molecular weight excluding hydrogens is 397 g/mol. The Morgan fingerprint density at radius 3 is 2.72 bits per heavy atom. The van der Waals surface area contributed by atoms with Gasteiger partial charge < -0.3 is 15.0 Å². The van der Waals surface area contributed by atoms with Crippen LogP contribution in [0.4, 0.5) is 16.0 Å². The first-order valence-corrected chi connectivity index (χ1v) is 9.28. The summed E-state index contributed by atoms with van der Waals surface area (Å²) in [6, 6.07) is 7.67. The van der Waals surface area contributed by atoms with Crippen molar-refractivity contribution in [2.24, 2.45) is 0 Å². The van der Waals surface area contributed by atoms with Gasteiger partial charge >= 0.3 is 0 Å². The largest absolute Gasteiger partial charge is 0.487 e. The molecule has 0 spiro atoms. The van der Waals surface area contributed by atoms with E-state index in [4.69, 9.17) is 16.3 Å². The predicted molar refractivity (Wildman–Crippen MR) is 107 cm³/mol. The third kappa shape index (κ3) is 4.43. The molecule has 3 aromatic rings. The van der Waals surface area contributed by atoms with Gasteiger partial charge in [0.1, 0.15) is 23.5 Å². The van der Waals surface area contributed by atoms with Crippen LogP contribution in [0, 0.1) is 12.7 Å². The zero-order valence-electron chi connectivity index (χ0n) is 15.5. The van der Waals surface area contributed by atoms with E-state index in [1.54, 1.807) is 18.3 Å². The van der Waals surface area contributed by atoms with E-state index in [0.717, 1.165) is 5.56 Å². The van der Waals surface area contributed by atoms with Crippen LogP contribution < -0.4 is 15.0 Å². The maximum absolute atomic E-state index is 13.4. The molecule has 2 aromatic heterocycles. The van der Waals surface area contributed by atoms with Crippen molar-refractivity contribution in [2.75, 3.05) is 23.3 Å². The van der Waals surface area contributed by atoms with E-state index in [2.05, 4.69) is 20.3 Å². The highest BCUT2D eigenvalue weighted by Crippen LogP contribution is 2.27. The van der Waals surface area contributed by atoms with E-state index in [-0.39, 0.29) is 16.8 Å². The lowest BCUT2D eigenvalue weighted by Crippen LogP contribution is -2.54. The molecule has 1 N–H and O–H groups in total. The third-order valence-corrected chi connectivity index (χ3v) is 4.56. The van der Waals surface area contributed by atoms with Crippen LogP contribution in [0.3, 0.4) is 0 Å². The van der Waals surface area contributed by atoms with Crippen LogP contribution in [0.1, 0.15) is 16.1 Å². The van der Waals surface area contributed by atoms with E-state index >= 15 is 0 Å². The Morgan fingerprint density at radius 2 is 1.97 bits per heavy atom. The Kier molecular flexibility index (Phi) is 5.26. The smallest absolute Gasteiger partial charge is 0.279 e. The minimum atomic E-state index is -0.457. The van der Waals surface area contributed by atoms with Crippen molar-refractivity contribution < 1.29 is 13.9 Å². The third-order valence-electron chi connectivity index (χ3n) is 4.34. The molecule has 29 heavy (non-hydrogen) atoms. The predicted octanol–water partition coefficient (Wildman–Crippen LogP) is 3.49. The number of nitrogens with one attached hydrogen (secondary N) is 1. The average molecular weight is 414 g/mol. The van der Waals surface area contributed by atoms with Gasteiger partial charge in [0.2, 0.25) is 0 Å². The summed E-state index contributed by atoms with van der Waals surface area (Å²) in [6.45, 7) is 2.88. The van der Waals surface area contributed by atoms with Crippen molar-refractivity contribution in [2.45, 2.75) is 13.0 Å². The quantitative estimate of drug-likeness (QED) is 0.689. The number of carbonyl (C=O) groups is 1. The lowest BCUT2D eigenvalue weighted by atomic mass is 10.1. The number of carbonyl (C=O) groups excluding carboxylic acids is 1. The average Bonchev–Trinajstić information content (AvgIpc) is 2.63. The topological polar surface area (TPSA) is 80.2 Å². The van der Waals surface area contributed by atoms with Crippen molar-refractivity contribution in [1.29, 1.82) is 0 Å². The van der Waals surface area contributed by atoms with Gasteiger partial charge in [-0.05, 0) is 36.8 Å². The maximum atomic E-state index is 13.4. The molecule has 1 aromatic carbocycles. The SMILES string of the molecule is Cc1ccnc(NC(=O)c2nccnc2N2CC(Oc3cc(F)cc(Cl)c3)C2)c1. The number of amides is 1. The Balaban J connectivity index is 1.43. The van der Waals surface area contributed by atoms with Crippen molar-refractivity contribution in [3.63, 3.8) is 0 Å². The van der Waals surface area contributed by atoms with Crippen LogP contribution >= 0.6 is 11.6 Å². The Bertz CT molecular complexity index is 1040. The summed E-state index contributed by atoms with van der Waals surface area (Å²) in [6.07, 6.45) is 4.44. The molecule has 1 amide bonds. The van der Waals surface area contributed by atoms with E-state index in [1.165, 1.54) is 24.5 Å². The minimum Gasteiger partial charge on any atom is -0.487 e. The van der Waals surface area contributed by atoms with E-state index in [9.17, 15) is 9.18 Å². The van der Waals surface area contributed by atoms with Gasteiger partial charge in [-0.3, -0.25) is 4.79 Å². The molecule has 1 fully saturated rings. The normalized spacial score (nSPS) is 13.7. The van der Waals surface area contributed by atoms with Gasteiger partial charge in [-0.15, -0.1) is 0 Å². The number of hydrogen-bond acceptors (Lipinski definition) is 6. The molecule has 0 bridgehead atoms. The summed E-state index contributed by atoms with van der Waals surface area (Å²) in [4.78, 5) is 27.2. The molecule has 7 nitrogen and oxygen atoms in total.